The first kappa shape index (κ1) is 13.8. The van der Waals surface area contributed by atoms with Crippen molar-refractivity contribution in [2.75, 3.05) is 0 Å². The van der Waals surface area contributed by atoms with E-state index in [9.17, 15) is 13.2 Å². The number of rotatable bonds is 3. The van der Waals surface area contributed by atoms with Crippen molar-refractivity contribution in [3.63, 3.8) is 0 Å². The first-order valence-corrected chi connectivity index (χ1v) is 6.06. The molecule has 0 radical (unpaired) electrons. The Bertz CT molecular complexity index is 544. The van der Waals surface area contributed by atoms with Gasteiger partial charge in [0.1, 0.15) is 0 Å². The van der Waals surface area contributed by atoms with Crippen molar-refractivity contribution in [3.8, 4) is 0 Å². The number of aromatic nitrogens is 2. The minimum absolute atomic E-state index is 0.331. The van der Waals surface area contributed by atoms with E-state index in [0.717, 1.165) is 23.3 Å². The van der Waals surface area contributed by atoms with Crippen LogP contribution in [0.15, 0.2) is 30.4 Å². The Morgan fingerprint density at radius 3 is 2.37 bits per heavy atom. The molecule has 0 aliphatic carbocycles. The van der Waals surface area contributed by atoms with E-state index in [0.29, 0.717) is 12.5 Å². The zero-order valence-corrected chi connectivity index (χ0v) is 10.8. The number of benzene rings is 1. The first-order valence-electron chi connectivity index (χ1n) is 6.06. The van der Waals surface area contributed by atoms with Crippen LogP contribution in [0.2, 0.25) is 0 Å². The van der Waals surface area contributed by atoms with Gasteiger partial charge >= 0.3 is 109 Å². The van der Waals surface area contributed by atoms with Crippen LogP contribution in [0.5, 0.6) is 0 Å². The molecule has 1 aromatic carbocycles. The quantitative estimate of drug-likeness (QED) is 0.832. The maximum atomic E-state index is 12.4. The van der Waals surface area contributed by atoms with E-state index in [1.165, 1.54) is 12.1 Å². The van der Waals surface area contributed by atoms with Crippen molar-refractivity contribution in [2.24, 2.45) is 0 Å². The summed E-state index contributed by atoms with van der Waals surface area (Å²) < 4.78 is 39.2. The molecule has 100 valence electrons. The van der Waals surface area contributed by atoms with E-state index < -0.39 is 11.7 Å². The molecule has 2 aromatic rings. The van der Waals surface area contributed by atoms with Gasteiger partial charge in [-0.3, -0.25) is 0 Å². The number of hydrogen-bond donors (Lipinski definition) is 0. The molecule has 0 unspecified atom stereocenters. The Morgan fingerprint density at radius 2 is 1.84 bits per heavy atom. The van der Waals surface area contributed by atoms with Gasteiger partial charge in [0.15, 0.2) is 0 Å². The average Bonchev–Trinajstić information content (AvgIpc) is 2.77. The summed E-state index contributed by atoms with van der Waals surface area (Å²) in [6, 6.07) is 5.20. The second kappa shape index (κ2) is 5.19. The van der Waals surface area contributed by atoms with Crippen LogP contribution in [0.1, 0.15) is 36.5 Å². The predicted molar refractivity (Wildman–Crippen MR) is 68.2 cm³/mol. The Hall–Kier alpha value is -1.59. The molecule has 2 nitrogen and oxygen atoms in total. The third-order valence-electron chi connectivity index (χ3n) is 2.95. The summed E-state index contributed by atoms with van der Waals surface area (Å²) in [4.78, 5) is 0. The van der Waals surface area contributed by atoms with Crippen molar-refractivity contribution in [1.29, 1.82) is 0 Å². The molecule has 0 atom stereocenters. The van der Waals surface area contributed by atoms with Crippen molar-refractivity contribution in [1.82, 2.24) is 9.78 Å². The van der Waals surface area contributed by atoms with Crippen LogP contribution in [0.25, 0.3) is 0 Å². The summed E-state index contributed by atoms with van der Waals surface area (Å²) in [5.74, 6) is 0.331. The molecule has 1 aromatic heterocycles. The molecule has 0 saturated carbocycles. The van der Waals surface area contributed by atoms with Crippen LogP contribution in [0.4, 0.5) is 13.2 Å². The normalized spacial score (nSPS) is 11.9. The zero-order chi connectivity index (χ0) is 14.0. The van der Waals surface area contributed by atoms with E-state index in [1.54, 1.807) is 6.09 Å². The number of halogens is 3. The van der Waals surface area contributed by atoms with E-state index in [4.69, 9.17) is 0 Å². The summed E-state index contributed by atoms with van der Waals surface area (Å²) in [5.41, 5.74) is 1.25. The molecular formula is C13H14BF3N2. The van der Waals surface area contributed by atoms with Crippen molar-refractivity contribution < 1.29 is 13.2 Å². The van der Waals surface area contributed by atoms with E-state index >= 15 is 0 Å². The molecule has 2 rings (SSSR count). The van der Waals surface area contributed by atoms with Gasteiger partial charge in [-0.15, -0.1) is 0 Å². The SMILES string of the molecule is CC(C)c1bcnn1Cc1ccc(C(F)(F)F)cc1. The fraction of sp³-hybridized carbons (Fsp3) is 0.385. The molecule has 0 fully saturated rings. The van der Waals surface area contributed by atoms with Crippen molar-refractivity contribution in [3.05, 3.63) is 47.1 Å². The second-order valence-electron chi connectivity index (χ2n) is 4.76. The molecule has 0 aliphatic heterocycles. The fourth-order valence-corrected chi connectivity index (χ4v) is 1.94. The van der Waals surface area contributed by atoms with Crippen molar-refractivity contribution >= 4 is 6.91 Å². The van der Waals surface area contributed by atoms with Gasteiger partial charge in [-0.25, -0.2) is 0 Å². The Labute approximate surface area is 110 Å². The summed E-state index contributed by atoms with van der Waals surface area (Å²) >= 11 is 0. The molecule has 0 aliphatic rings. The van der Waals surface area contributed by atoms with Gasteiger partial charge in [0.05, 0.1) is 0 Å². The number of hydrogen-bond acceptors (Lipinski definition) is 1. The predicted octanol–water partition coefficient (Wildman–Crippen LogP) is 3.41. The van der Waals surface area contributed by atoms with Gasteiger partial charge in [0.25, 0.3) is 0 Å². The van der Waals surface area contributed by atoms with Crippen LogP contribution >= 0.6 is 0 Å². The topological polar surface area (TPSA) is 17.8 Å². The monoisotopic (exact) mass is 266 g/mol. The molecule has 0 saturated heterocycles. The van der Waals surface area contributed by atoms with Gasteiger partial charge in [-0.05, 0) is 0 Å². The molecule has 0 bridgehead atoms. The third-order valence-corrected chi connectivity index (χ3v) is 2.95. The molecule has 1 heterocycles. The van der Waals surface area contributed by atoms with E-state index in [-0.39, 0.29) is 0 Å². The Balaban J connectivity index is 2.18. The van der Waals surface area contributed by atoms with Gasteiger partial charge in [-0.1, -0.05) is 0 Å². The molecule has 0 spiro atoms. The summed E-state index contributed by atoms with van der Waals surface area (Å²) in [6.45, 7) is 6.52. The minimum atomic E-state index is -4.28. The first-order chi connectivity index (χ1) is 8.88. The zero-order valence-electron chi connectivity index (χ0n) is 10.8. The standard InChI is InChI=1S/C13H14BF3N2/c1-9(2)12-14-8-18-19(12)7-10-3-5-11(6-4-10)13(15,16)17/h3-6,8-9H,7H2,1-2H3. The van der Waals surface area contributed by atoms with Crippen LogP contribution in [-0.4, -0.2) is 16.7 Å². The molecule has 19 heavy (non-hydrogen) atoms. The van der Waals surface area contributed by atoms with Crippen LogP contribution in [-0.2, 0) is 12.7 Å². The molecule has 0 N–H and O–H groups in total. The van der Waals surface area contributed by atoms with E-state index in [1.807, 2.05) is 11.6 Å². The summed E-state index contributed by atoms with van der Waals surface area (Å²) in [7, 11) is 0. The fourth-order valence-electron chi connectivity index (χ4n) is 1.94. The van der Waals surface area contributed by atoms with Crippen LogP contribution in [0.3, 0.4) is 0 Å². The summed E-state index contributed by atoms with van der Waals surface area (Å²) in [5, 5.41) is 4.20. The molecule has 6 heteroatoms. The number of alkyl halides is 3. The van der Waals surface area contributed by atoms with Gasteiger partial charge < -0.3 is 0 Å². The van der Waals surface area contributed by atoms with Crippen LogP contribution in [0, 0.1) is 0 Å². The van der Waals surface area contributed by atoms with Gasteiger partial charge in [0.2, 0.25) is 0 Å². The second-order valence-corrected chi connectivity index (χ2v) is 4.76. The van der Waals surface area contributed by atoms with Gasteiger partial charge in [0, 0.05) is 0 Å². The molecular weight excluding hydrogens is 252 g/mol. The van der Waals surface area contributed by atoms with Crippen LogP contribution < -0.4 is 0 Å². The summed E-state index contributed by atoms with van der Waals surface area (Å²) in [6.07, 6.45) is -2.58. The maximum absolute atomic E-state index is 12.4. The third kappa shape index (κ3) is 3.25. The van der Waals surface area contributed by atoms with Gasteiger partial charge in [-0.2, -0.15) is 0 Å². The Kier molecular flexibility index (Phi) is 3.78. The molecule has 0 amide bonds. The Morgan fingerprint density at radius 1 is 1.21 bits per heavy atom. The van der Waals surface area contributed by atoms with Crippen molar-refractivity contribution in [2.45, 2.75) is 32.5 Å². The number of nitrogens with zero attached hydrogens (tertiary/aromatic N) is 2. The van der Waals surface area contributed by atoms with E-state index in [2.05, 4.69) is 18.9 Å². The average molecular weight is 266 g/mol.